The van der Waals surface area contributed by atoms with Gasteiger partial charge in [-0.1, -0.05) is 147 Å². The van der Waals surface area contributed by atoms with Crippen molar-refractivity contribution in [2.45, 2.75) is 19.3 Å². The van der Waals surface area contributed by atoms with Gasteiger partial charge in [0.15, 0.2) is 0 Å². The van der Waals surface area contributed by atoms with Gasteiger partial charge in [-0.2, -0.15) is 0 Å². The van der Waals surface area contributed by atoms with Crippen molar-refractivity contribution in [1.82, 2.24) is 14.8 Å². The predicted octanol–water partition coefficient (Wildman–Crippen LogP) is 15.0. The van der Waals surface area contributed by atoms with E-state index in [0.29, 0.717) is 11.8 Å². The van der Waals surface area contributed by atoms with E-state index in [1.54, 1.807) is 0 Å². The molecule has 8 aromatic carbocycles. The summed E-state index contributed by atoms with van der Waals surface area (Å²) in [7, 11) is 0. The second-order valence-electron chi connectivity index (χ2n) is 16.3. The summed E-state index contributed by atoms with van der Waals surface area (Å²) in [6.45, 7) is 4.65. The van der Waals surface area contributed by atoms with Crippen molar-refractivity contribution in [3.05, 3.63) is 229 Å². The van der Waals surface area contributed by atoms with E-state index in [0.717, 1.165) is 33.9 Å². The number of hydrogen-bond acceptors (Lipinski definition) is 4. The lowest BCUT2D eigenvalue weighted by molar-refractivity contribution is 0.557. The SMILES string of the molecule is CC1(C)c2cc(-c3nnc(/C=C/c4ccc(N(c5ccccc5)c5ccccc5)cc4)o3)ccc2-c2cc3c(-c4ccccc4)c(-c4ccccc4)n(-c4ccccc4)c3cc21. The summed E-state index contributed by atoms with van der Waals surface area (Å²) < 4.78 is 8.74. The zero-order chi connectivity index (χ0) is 41.6. The second kappa shape index (κ2) is 15.2. The van der Waals surface area contributed by atoms with Gasteiger partial charge in [-0.25, -0.2) is 0 Å². The molecule has 0 fully saturated rings. The summed E-state index contributed by atoms with van der Waals surface area (Å²) in [6, 6.07) is 73.1. The summed E-state index contributed by atoms with van der Waals surface area (Å²) in [4.78, 5) is 2.25. The molecule has 0 aliphatic heterocycles. The first-order valence-electron chi connectivity index (χ1n) is 21.1. The highest BCUT2D eigenvalue weighted by atomic mass is 16.4. The molecule has 0 unspecified atom stereocenters. The largest absolute Gasteiger partial charge is 0.417 e. The first kappa shape index (κ1) is 37.0. The van der Waals surface area contributed by atoms with E-state index in [-0.39, 0.29) is 5.41 Å². The molecule has 11 rings (SSSR count). The van der Waals surface area contributed by atoms with Crippen molar-refractivity contribution in [1.29, 1.82) is 0 Å². The van der Waals surface area contributed by atoms with Gasteiger partial charge < -0.3 is 13.9 Å². The Kier molecular flexibility index (Phi) is 9.09. The van der Waals surface area contributed by atoms with E-state index >= 15 is 0 Å². The zero-order valence-corrected chi connectivity index (χ0v) is 34.5. The summed E-state index contributed by atoms with van der Waals surface area (Å²) in [5.41, 5.74) is 17.0. The van der Waals surface area contributed by atoms with Gasteiger partial charge in [-0.3, -0.25) is 0 Å². The Bertz CT molecular complexity index is 3180. The van der Waals surface area contributed by atoms with E-state index in [9.17, 15) is 0 Å². The van der Waals surface area contributed by atoms with Gasteiger partial charge in [0.1, 0.15) is 0 Å². The highest BCUT2D eigenvalue weighted by Gasteiger charge is 2.37. The number of rotatable bonds is 9. The maximum atomic E-state index is 6.29. The smallest absolute Gasteiger partial charge is 0.248 e. The Morgan fingerprint density at radius 3 is 1.71 bits per heavy atom. The number of aromatic nitrogens is 3. The lowest BCUT2D eigenvalue weighted by Crippen LogP contribution is -2.15. The third-order valence-electron chi connectivity index (χ3n) is 12.2. The topological polar surface area (TPSA) is 47.1 Å². The predicted molar refractivity (Wildman–Crippen MR) is 255 cm³/mol. The Hall–Kier alpha value is -8.02. The molecule has 2 aromatic heterocycles. The molecule has 10 aromatic rings. The van der Waals surface area contributed by atoms with Crippen molar-refractivity contribution in [3.63, 3.8) is 0 Å². The van der Waals surface area contributed by atoms with Crippen LogP contribution in [-0.4, -0.2) is 14.8 Å². The van der Waals surface area contributed by atoms with Crippen LogP contribution < -0.4 is 4.90 Å². The molecule has 0 radical (unpaired) electrons. The molecule has 0 bridgehead atoms. The summed E-state index contributed by atoms with van der Waals surface area (Å²) in [5.74, 6) is 0.949. The van der Waals surface area contributed by atoms with Crippen LogP contribution in [0.3, 0.4) is 0 Å². The fourth-order valence-corrected chi connectivity index (χ4v) is 9.18. The summed E-state index contributed by atoms with van der Waals surface area (Å²) in [6.07, 6.45) is 3.89. The van der Waals surface area contributed by atoms with Crippen LogP contribution in [0.2, 0.25) is 0 Å². The number of benzene rings is 8. The fourth-order valence-electron chi connectivity index (χ4n) is 9.18. The van der Waals surface area contributed by atoms with E-state index < -0.39 is 0 Å². The molecule has 5 heteroatoms. The molecule has 0 N–H and O–H groups in total. The lowest BCUT2D eigenvalue weighted by Gasteiger charge is -2.25. The van der Waals surface area contributed by atoms with E-state index in [1.165, 1.54) is 55.5 Å². The van der Waals surface area contributed by atoms with E-state index in [2.05, 4.69) is 228 Å². The first-order valence-corrected chi connectivity index (χ1v) is 21.1. The minimum atomic E-state index is -0.286. The maximum Gasteiger partial charge on any atom is 0.248 e. The summed E-state index contributed by atoms with van der Waals surface area (Å²) >= 11 is 0. The number of para-hydroxylation sites is 3. The van der Waals surface area contributed by atoms with Crippen LogP contribution in [-0.2, 0) is 5.41 Å². The molecule has 0 spiro atoms. The maximum absolute atomic E-state index is 6.29. The molecule has 62 heavy (non-hydrogen) atoms. The van der Waals surface area contributed by atoms with Crippen LogP contribution in [0, 0.1) is 0 Å². The number of anilines is 3. The minimum absolute atomic E-state index is 0.286. The van der Waals surface area contributed by atoms with Gasteiger partial charge in [0, 0.05) is 50.8 Å². The second-order valence-corrected chi connectivity index (χ2v) is 16.3. The molecular weight excluding hydrogens is 757 g/mol. The summed E-state index contributed by atoms with van der Waals surface area (Å²) in [5, 5.41) is 10.2. The zero-order valence-electron chi connectivity index (χ0n) is 34.5. The Labute approximate surface area is 361 Å². The van der Waals surface area contributed by atoms with Gasteiger partial charge in [0.25, 0.3) is 0 Å². The van der Waals surface area contributed by atoms with Crippen molar-refractivity contribution >= 4 is 40.1 Å². The molecular formula is C57H42N4O. The van der Waals surface area contributed by atoms with Crippen LogP contribution in [0.4, 0.5) is 17.1 Å². The highest BCUT2D eigenvalue weighted by molar-refractivity contribution is 6.08. The van der Waals surface area contributed by atoms with Crippen LogP contribution >= 0.6 is 0 Å². The standard InChI is InChI=1S/C57H42N4O/c1-57(2)50-36-42(56-59-58-53(62-56)35-30-39-28-32-46(33-29-39)60(43-22-12-5-13-23-43)44-24-14-6-15-25-44)31-34-47(50)48-37-49-52(38-51(48)57)61(45-26-16-7-17-27-45)55(41-20-10-4-11-21-41)54(49)40-18-8-3-9-19-40/h3-38H,1-2H3/b35-30+. The average molecular weight is 799 g/mol. The van der Waals surface area contributed by atoms with Crippen molar-refractivity contribution in [2.75, 3.05) is 4.90 Å². The molecule has 2 heterocycles. The minimum Gasteiger partial charge on any atom is -0.417 e. The van der Waals surface area contributed by atoms with Gasteiger partial charge in [-0.05, 0) is 118 Å². The molecule has 0 amide bonds. The van der Waals surface area contributed by atoms with E-state index in [4.69, 9.17) is 4.42 Å². The number of fused-ring (bicyclic) bond motifs is 4. The fraction of sp³-hybridized carbons (Fsp3) is 0.0526. The normalized spacial score (nSPS) is 12.7. The molecule has 1 aliphatic rings. The van der Waals surface area contributed by atoms with Crippen LogP contribution in [0.15, 0.2) is 211 Å². The quantitative estimate of drug-likeness (QED) is 0.146. The van der Waals surface area contributed by atoms with Gasteiger partial charge >= 0.3 is 0 Å². The monoisotopic (exact) mass is 798 g/mol. The Morgan fingerprint density at radius 1 is 0.500 bits per heavy atom. The van der Waals surface area contributed by atoms with Crippen molar-refractivity contribution < 1.29 is 4.42 Å². The van der Waals surface area contributed by atoms with Crippen molar-refractivity contribution in [3.8, 4) is 50.7 Å². The number of nitrogens with zero attached hydrogens (tertiary/aromatic N) is 4. The molecule has 1 aliphatic carbocycles. The third-order valence-corrected chi connectivity index (χ3v) is 12.2. The molecule has 296 valence electrons. The average Bonchev–Trinajstić information content (AvgIpc) is 4.01. The number of hydrogen-bond donors (Lipinski definition) is 0. The molecule has 0 saturated heterocycles. The Balaban J connectivity index is 0.937. The molecule has 0 atom stereocenters. The highest BCUT2D eigenvalue weighted by Crippen LogP contribution is 2.53. The Morgan fingerprint density at radius 2 is 1.06 bits per heavy atom. The first-order chi connectivity index (χ1) is 30.5. The van der Waals surface area contributed by atoms with Crippen LogP contribution in [0.25, 0.3) is 73.7 Å². The van der Waals surface area contributed by atoms with Crippen molar-refractivity contribution in [2.24, 2.45) is 0 Å². The van der Waals surface area contributed by atoms with E-state index in [1.807, 2.05) is 24.3 Å². The van der Waals surface area contributed by atoms with Crippen LogP contribution in [0.5, 0.6) is 0 Å². The van der Waals surface area contributed by atoms with Gasteiger partial charge in [0.05, 0.1) is 11.2 Å². The van der Waals surface area contributed by atoms with Gasteiger partial charge in [0.2, 0.25) is 11.8 Å². The third kappa shape index (κ3) is 6.43. The molecule has 0 saturated carbocycles. The van der Waals surface area contributed by atoms with Gasteiger partial charge in [-0.15, -0.1) is 10.2 Å². The molecule has 5 nitrogen and oxygen atoms in total. The van der Waals surface area contributed by atoms with Crippen LogP contribution in [0.1, 0.15) is 36.4 Å². The lowest BCUT2D eigenvalue weighted by atomic mass is 9.81.